The van der Waals surface area contributed by atoms with E-state index in [1.165, 1.54) is 6.92 Å². The average molecular weight is 214 g/mol. The molecule has 1 atom stereocenters. The molecular formula is C10H14O5. The molecule has 0 radical (unpaired) electrons. The number of carboxylic acid groups (broad SMARTS) is 1. The van der Waals surface area contributed by atoms with E-state index in [9.17, 15) is 14.4 Å². The molecule has 0 fully saturated rings. The van der Waals surface area contributed by atoms with Crippen LogP contribution in [0.5, 0.6) is 0 Å². The minimum atomic E-state index is -1.16. The molecule has 0 aliphatic rings. The molecule has 0 aromatic rings. The molecule has 84 valence electrons. The fraction of sp³-hybridized carbons (Fsp3) is 0.500. The standard InChI is InChI=1S/C10H14O5/c1-4-8(11)7(3)15-10(14)6(2)5-9(12)13/h7H,2,4-5H2,1,3H3,(H,12,13). The zero-order valence-corrected chi connectivity index (χ0v) is 8.78. The number of aliphatic carboxylic acids is 1. The van der Waals surface area contributed by atoms with Crippen LogP contribution in [0.3, 0.4) is 0 Å². The van der Waals surface area contributed by atoms with Crippen molar-refractivity contribution in [3.63, 3.8) is 0 Å². The van der Waals surface area contributed by atoms with Crippen LogP contribution in [-0.4, -0.2) is 28.9 Å². The first-order valence-corrected chi connectivity index (χ1v) is 4.51. The quantitative estimate of drug-likeness (QED) is 0.525. The Hall–Kier alpha value is -1.65. The van der Waals surface area contributed by atoms with Crippen LogP contribution >= 0.6 is 0 Å². The highest BCUT2D eigenvalue weighted by Crippen LogP contribution is 2.05. The fourth-order valence-electron chi connectivity index (χ4n) is 0.852. The van der Waals surface area contributed by atoms with Crippen LogP contribution in [0.1, 0.15) is 26.7 Å². The number of carboxylic acids is 1. The van der Waals surface area contributed by atoms with E-state index in [1.54, 1.807) is 6.92 Å². The van der Waals surface area contributed by atoms with Gasteiger partial charge in [0.05, 0.1) is 6.42 Å². The molecule has 0 saturated heterocycles. The van der Waals surface area contributed by atoms with Gasteiger partial charge in [-0.15, -0.1) is 0 Å². The Bertz CT molecular complexity index is 292. The Kier molecular flexibility index (Phi) is 5.30. The Morgan fingerprint density at radius 3 is 2.33 bits per heavy atom. The molecule has 0 aromatic heterocycles. The van der Waals surface area contributed by atoms with Crippen LogP contribution < -0.4 is 0 Å². The molecule has 0 aliphatic carbocycles. The van der Waals surface area contributed by atoms with E-state index in [4.69, 9.17) is 9.84 Å². The van der Waals surface area contributed by atoms with Gasteiger partial charge in [-0.05, 0) is 6.92 Å². The van der Waals surface area contributed by atoms with Gasteiger partial charge < -0.3 is 9.84 Å². The number of ether oxygens (including phenoxy) is 1. The Morgan fingerprint density at radius 2 is 1.93 bits per heavy atom. The first-order valence-electron chi connectivity index (χ1n) is 4.51. The number of esters is 1. The second-order valence-electron chi connectivity index (χ2n) is 3.04. The molecule has 0 heterocycles. The van der Waals surface area contributed by atoms with Gasteiger partial charge in [0.1, 0.15) is 0 Å². The Balaban J connectivity index is 4.19. The summed E-state index contributed by atoms with van der Waals surface area (Å²) in [6.07, 6.45) is -1.07. The van der Waals surface area contributed by atoms with Crippen LogP contribution in [0.25, 0.3) is 0 Å². The lowest BCUT2D eigenvalue weighted by Crippen LogP contribution is -2.24. The maximum absolute atomic E-state index is 11.2. The van der Waals surface area contributed by atoms with Crippen molar-refractivity contribution in [3.8, 4) is 0 Å². The van der Waals surface area contributed by atoms with E-state index >= 15 is 0 Å². The summed E-state index contributed by atoms with van der Waals surface area (Å²) < 4.78 is 4.71. The summed E-state index contributed by atoms with van der Waals surface area (Å²) >= 11 is 0. The lowest BCUT2D eigenvalue weighted by Gasteiger charge is -2.11. The highest BCUT2D eigenvalue weighted by Gasteiger charge is 2.19. The predicted octanol–water partition coefficient (Wildman–Crippen LogP) is 0.928. The van der Waals surface area contributed by atoms with Gasteiger partial charge in [-0.25, -0.2) is 4.79 Å². The van der Waals surface area contributed by atoms with Gasteiger partial charge in [0.15, 0.2) is 11.9 Å². The van der Waals surface area contributed by atoms with Crippen molar-refractivity contribution in [3.05, 3.63) is 12.2 Å². The lowest BCUT2D eigenvalue weighted by molar-refractivity contribution is -0.151. The molecule has 0 bridgehead atoms. The average Bonchev–Trinajstić information content (AvgIpc) is 2.15. The van der Waals surface area contributed by atoms with Crippen LogP contribution in [-0.2, 0) is 19.1 Å². The highest BCUT2D eigenvalue weighted by atomic mass is 16.5. The molecule has 15 heavy (non-hydrogen) atoms. The highest BCUT2D eigenvalue weighted by molar-refractivity contribution is 5.94. The van der Waals surface area contributed by atoms with Gasteiger partial charge in [-0.3, -0.25) is 9.59 Å². The number of carbonyl (C=O) groups excluding carboxylic acids is 2. The normalized spacial score (nSPS) is 11.6. The molecule has 0 amide bonds. The van der Waals surface area contributed by atoms with Crippen LogP contribution in [0.15, 0.2) is 12.2 Å². The summed E-state index contributed by atoms with van der Waals surface area (Å²) in [5, 5.41) is 8.39. The van der Waals surface area contributed by atoms with Crippen molar-refractivity contribution >= 4 is 17.7 Å². The molecule has 0 aliphatic heterocycles. The summed E-state index contributed by atoms with van der Waals surface area (Å²) in [5.41, 5.74) is -0.168. The summed E-state index contributed by atoms with van der Waals surface area (Å²) in [4.78, 5) is 32.5. The van der Waals surface area contributed by atoms with Gasteiger partial charge in [0.2, 0.25) is 0 Å². The van der Waals surface area contributed by atoms with Crippen LogP contribution in [0.4, 0.5) is 0 Å². The van der Waals surface area contributed by atoms with Crippen molar-refractivity contribution in [1.82, 2.24) is 0 Å². The molecule has 5 heteroatoms. The molecule has 1 unspecified atom stereocenters. The van der Waals surface area contributed by atoms with Crippen molar-refractivity contribution < 1.29 is 24.2 Å². The summed E-state index contributed by atoms with van der Waals surface area (Å²) in [6, 6.07) is 0. The topological polar surface area (TPSA) is 80.7 Å². The van der Waals surface area contributed by atoms with E-state index < -0.39 is 24.5 Å². The van der Waals surface area contributed by atoms with Crippen molar-refractivity contribution in [2.75, 3.05) is 0 Å². The summed E-state index contributed by atoms with van der Waals surface area (Å²) in [5.74, 6) is -2.22. The number of rotatable bonds is 6. The van der Waals surface area contributed by atoms with E-state index in [-0.39, 0.29) is 17.8 Å². The first kappa shape index (κ1) is 13.4. The summed E-state index contributed by atoms with van der Waals surface area (Å²) in [6.45, 7) is 6.36. The third-order valence-electron chi connectivity index (χ3n) is 1.74. The third-order valence-corrected chi connectivity index (χ3v) is 1.74. The van der Waals surface area contributed by atoms with Gasteiger partial charge in [-0.2, -0.15) is 0 Å². The van der Waals surface area contributed by atoms with E-state index in [1.807, 2.05) is 0 Å². The monoisotopic (exact) mass is 214 g/mol. The van der Waals surface area contributed by atoms with Gasteiger partial charge >= 0.3 is 11.9 Å². The number of hydrogen-bond donors (Lipinski definition) is 1. The second-order valence-corrected chi connectivity index (χ2v) is 3.04. The maximum Gasteiger partial charge on any atom is 0.334 e. The van der Waals surface area contributed by atoms with Crippen molar-refractivity contribution in [2.45, 2.75) is 32.8 Å². The van der Waals surface area contributed by atoms with Crippen LogP contribution in [0.2, 0.25) is 0 Å². The lowest BCUT2D eigenvalue weighted by atomic mass is 10.2. The molecule has 1 N–H and O–H groups in total. The molecule has 5 nitrogen and oxygen atoms in total. The number of ketones is 1. The van der Waals surface area contributed by atoms with Gasteiger partial charge in [0, 0.05) is 12.0 Å². The van der Waals surface area contributed by atoms with E-state index in [2.05, 4.69) is 6.58 Å². The zero-order valence-electron chi connectivity index (χ0n) is 8.78. The van der Waals surface area contributed by atoms with E-state index in [0.717, 1.165) is 0 Å². The second kappa shape index (κ2) is 5.95. The van der Waals surface area contributed by atoms with Gasteiger partial charge in [0.25, 0.3) is 0 Å². The number of hydrogen-bond acceptors (Lipinski definition) is 4. The SMILES string of the molecule is C=C(CC(=O)O)C(=O)OC(C)C(=O)CC. The summed E-state index contributed by atoms with van der Waals surface area (Å²) in [7, 11) is 0. The third kappa shape index (κ3) is 4.95. The number of Topliss-reactive ketones (excluding diaryl/α,β-unsaturated/α-hetero) is 1. The Morgan fingerprint density at radius 1 is 1.40 bits per heavy atom. The van der Waals surface area contributed by atoms with Crippen molar-refractivity contribution in [2.24, 2.45) is 0 Å². The molecular weight excluding hydrogens is 200 g/mol. The van der Waals surface area contributed by atoms with Gasteiger partial charge in [-0.1, -0.05) is 13.5 Å². The maximum atomic E-state index is 11.2. The van der Waals surface area contributed by atoms with Crippen molar-refractivity contribution in [1.29, 1.82) is 0 Å². The largest absolute Gasteiger partial charge is 0.481 e. The Labute approximate surface area is 87.7 Å². The minimum absolute atomic E-state index is 0.168. The van der Waals surface area contributed by atoms with Crippen LogP contribution in [0, 0.1) is 0 Å². The zero-order chi connectivity index (χ0) is 12.0. The molecule has 0 spiro atoms. The first-order chi connectivity index (χ1) is 6.88. The van der Waals surface area contributed by atoms with E-state index in [0.29, 0.717) is 0 Å². The predicted molar refractivity (Wildman–Crippen MR) is 52.2 cm³/mol. The molecule has 0 aromatic carbocycles. The fourth-order valence-corrected chi connectivity index (χ4v) is 0.852. The minimum Gasteiger partial charge on any atom is -0.481 e. The molecule has 0 rings (SSSR count). The smallest absolute Gasteiger partial charge is 0.334 e. The number of carbonyl (C=O) groups is 3. The molecule has 0 saturated carbocycles.